The number of aromatic nitrogens is 3. The van der Waals surface area contributed by atoms with Gasteiger partial charge in [0.15, 0.2) is 5.01 Å². The third kappa shape index (κ3) is 2.78. The summed E-state index contributed by atoms with van der Waals surface area (Å²) in [5.41, 5.74) is 11.0. The second-order valence-electron chi connectivity index (χ2n) is 4.83. The molecule has 106 valence electrons. The van der Waals surface area contributed by atoms with E-state index < -0.39 is 0 Å². The number of hydrogen-bond acceptors (Lipinski definition) is 5. The lowest BCUT2D eigenvalue weighted by molar-refractivity contribution is 1.09. The standard InChI is InChI=1S/C16H16N4S/c1-3-11-4-6-12(7-5-11)14-9-8-13(10(2)18-14)15-19-20-16(17)21-15/h4-9H,3H2,1-2H3,(H2,17,20). The van der Waals surface area contributed by atoms with Gasteiger partial charge in [0.1, 0.15) is 0 Å². The maximum Gasteiger partial charge on any atom is 0.203 e. The van der Waals surface area contributed by atoms with Gasteiger partial charge in [-0.3, -0.25) is 4.98 Å². The van der Waals surface area contributed by atoms with E-state index in [0.717, 1.165) is 33.9 Å². The SMILES string of the molecule is CCc1ccc(-c2ccc(-c3nnc(N)s3)c(C)n2)cc1. The number of pyridine rings is 1. The van der Waals surface area contributed by atoms with Crippen LogP contribution in [-0.4, -0.2) is 15.2 Å². The molecule has 2 N–H and O–H groups in total. The molecule has 3 aromatic rings. The van der Waals surface area contributed by atoms with E-state index in [4.69, 9.17) is 5.73 Å². The zero-order valence-corrected chi connectivity index (χ0v) is 12.8. The number of nitrogens with zero attached hydrogens (tertiary/aromatic N) is 3. The fourth-order valence-electron chi connectivity index (χ4n) is 2.20. The molecule has 0 spiro atoms. The van der Waals surface area contributed by atoms with E-state index in [-0.39, 0.29) is 0 Å². The number of nitrogens with two attached hydrogens (primary N) is 1. The molecule has 2 aromatic heterocycles. The number of benzene rings is 1. The Bertz CT molecular complexity index is 762. The van der Waals surface area contributed by atoms with Gasteiger partial charge >= 0.3 is 0 Å². The number of anilines is 1. The summed E-state index contributed by atoms with van der Waals surface area (Å²) in [7, 11) is 0. The monoisotopic (exact) mass is 296 g/mol. The third-order valence-corrected chi connectivity index (χ3v) is 4.20. The molecule has 5 heteroatoms. The molecule has 0 amide bonds. The zero-order valence-electron chi connectivity index (χ0n) is 12.0. The van der Waals surface area contributed by atoms with Gasteiger partial charge in [-0.05, 0) is 31.0 Å². The van der Waals surface area contributed by atoms with E-state index >= 15 is 0 Å². The molecule has 0 aliphatic heterocycles. The second-order valence-corrected chi connectivity index (χ2v) is 5.83. The van der Waals surface area contributed by atoms with Gasteiger partial charge < -0.3 is 5.73 Å². The largest absolute Gasteiger partial charge is 0.374 e. The van der Waals surface area contributed by atoms with Gasteiger partial charge in [0, 0.05) is 16.8 Å². The molecule has 0 bridgehead atoms. The molecule has 1 aromatic carbocycles. The lowest BCUT2D eigenvalue weighted by atomic mass is 10.1. The van der Waals surface area contributed by atoms with Crippen LogP contribution in [0, 0.1) is 6.92 Å². The lowest BCUT2D eigenvalue weighted by Gasteiger charge is -2.06. The van der Waals surface area contributed by atoms with Gasteiger partial charge in [-0.25, -0.2) is 0 Å². The van der Waals surface area contributed by atoms with Crippen molar-refractivity contribution in [3.8, 4) is 21.8 Å². The first kappa shape index (κ1) is 13.7. The molecule has 0 saturated carbocycles. The molecular formula is C16H16N4S. The van der Waals surface area contributed by atoms with Crippen molar-refractivity contribution in [1.82, 2.24) is 15.2 Å². The first-order valence-corrected chi connectivity index (χ1v) is 7.65. The van der Waals surface area contributed by atoms with Gasteiger partial charge in [-0.2, -0.15) is 0 Å². The van der Waals surface area contributed by atoms with Crippen molar-refractivity contribution in [3.05, 3.63) is 47.7 Å². The van der Waals surface area contributed by atoms with E-state index in [2.05, 4.69) is 46.4 Å². The molecular weight excluding hydrogens is 280 g/mol. The van der Waals surface area contributed by atoms with Crippen LogP contribution in [0.1, 0.15) is 18.2 Å². The molecule has 0 atom stereocenters. The van der Waals surface area contributed by atoms with Gasteiger partial charge in [0.05, 0.1) is 5.69 Å². The van der Waals surface area contributed by atoms with Gasteiger partial charge in [-0.1, -0.05) is 42.5 Å². The Labute approximate surface area is 127 Å². The smallest absolute Gasteiger partial charge is 0.203 e. The number of rotatable bonds is 3. The predicted molar refractivity (Wildman–Crippen MR) is 87.1 cm³/mol. The van der Waals surface area contributed by atoms with Crippen LogP contribution in [0.4, 0.5) is 5.13 Å². The molecule has 0 aliphatic carbocycles. The van der Waals surface area contributed by atoms with E-state index in [9.17, 15) is 0 Å². The predicted octanol–water partition coefficient (Wildman–Crippen LogP) is 3.72. The van der Waals surface area contributed by atoms with Crippen LogP contribution in [0.25, 0.3) is 21.8 Å². The first-order chi connectivity index (χ1) is 10.2. The maximum atomic E-state index is 5.64. The van der Waals surface area contributed by atoms with Crippen molar-refractivity contribution in [2.24, 2.45) is 0 Å². The normalized spacial score (nSPS) is 10.8. The topological polar surface area (TPSA) is 64.7 Å². The summed E-state index contributed by atoms with van der Waals surface area (Å²) < 4.78 is 0. The molecule has 4 nitrogen and oxygen atoms in total. The molecule has 2 heterocycles. The quantitative estimate of drug-likeness (QED) is 0.800. The average Bonchev–Trinajstić information content (AvgIpc) is 2.93. The van der Waals surface area contributed by atoms with Crippen LogP contribution in [-0.2, 0) is 6.42 Å². The Kier molecular flexibility index (Phi) is 3.66. The van der Waals surface area contributed by atoms with Crippen molar-refractivity contribution in [1.29, 1.82) is 0 Å². The molecule has 21 heavy (non-hydrogen) atoms. The lowest BCUT2D eigenvalue weighted by Crippen LogP contribution is -1.91. The summed E-state index contributed by atoms with van der Waals surface area (Å²) in [6.07, 6.45) is 1.05. The summed E-state index contributed by atoms with van der Waals surface area (Å²) >= 11 is 1.38. The summed E-state index contributed by atoms with van der Waals surface area (Å²) in [4.78, 5) is 4.68. The molecule has 0 fully saturated rings. The van der Waals surface area contributed by atoms with Gasteiger partial charge in [0.2, 0.25) is 5.13 Å². The number of aryl methyl sites for hydroxylation is 2. The number of hydrogen-bond donors (Lipinski definition) is 1. The Morgan fingerprint density at radius 1 is 1.05 bits per heavy atom. The van der Waals surface area contributed by atoms with Crippen LogP contribution in [0.2, 0.25) is 0 Å². The summed E-state index contributed by atoms with van der Waals surface area (Å²) in [5, 5.41) is 9.21. The van der Waals surface area contributed by atoms with Crippen molar-refractivity contribution in [3.63, 3.8) is 0 Å². The van der Waals surface area contributed by atoms with Crippen molar-refractivity contribution >= 4 is 16.5 Å². The summed E-state index contributed by atoms with van der Waals surface area (Å²) in [6, 6.07) is 12.6. The summed E-state index contributed by atoms with van der Waals surface area (Å²) in [6.45, 7) is 4.14. The van der Waals surface area contributed by atoms with E-state index in [1.807, 2.05) is 19.1 Å². The minimum absolute atomic E-state index is 0.476. The highest BCUT2D eigenvalue weighted by molar-refractivity contribution is 7.18. The Hall–Kier alpha value is -2.27. The molecule has 0 aliphatic rings. The van der Waals surface area contributed by atoms with Crippen LogP contribution >= 0.6 is 11.3 Å². The Morgan fingerprint density at radius 3 is 2.38 bits per heavy atom. The Balaban J connectivity index is 1.96. The van der Waals surface area contributed by atoms with E-state index in [0.29, 0.717) is 5.13 Å². The van der Waals surface area contributed by atoms with Gasteiger partial charge in [-0.15, -0.1) is 10.2 Å². The van der Waals surface area contributed by atoms with E-state index in [1.54, 1.807) is 0 Å². The average molecular weight is 296 g/mol. The zero-order chi connectivity index (χ0) is 14.8. The Morgan fingerprint density at radius 2 is 1.81 bits per heavy atom. The highest BCUT2D eigenvalue weighted by atomic mass is 32.1. The molecule has 3 rings (SSSR count). The fraction of sp³-hybridized carbons (Fsp3) is 0.188. The minimum Gasteiger partial charge on any atom is -0.374 e. The van der Waals surface area contributed by atoms with Crippen LogP contribution in [0.15, 0.2) is 36.4 Å². The maximum absolute atomic E-state index is 5.64. The number of nitrogen functional groups attached to an aromatic ring is 1. The van der Waals surface area contributed by atoms with Crippen molar-refractivity contribution < 1.29 is 0 Å². The highest BCUT2D eigenvalue weighted by Gasteiger charge is 2.10. The summed E-state index contributed by atoms with van der Waals surface area (Å²) in [5.74, 6) is 0. The van der Waals surface area contributed by atoms with Crippen LogP contribution in [0.3, 0.4) is 0 Å². The molecule has 0 radical (unpaired) electrons. The highest BCUT2D eigenvalue weighted by Crippen LogP contribution is 2.29. The van der Waals surface area contributed by atoms with E-state index in [1.165, 1.54) is 16.9 Å². The van der Waals surface area contributed by atoms with Crippen LogP contribution < -0.4 is 5.73 Å². The molecule has 0 unspecified atom stereocenters. The first-order valence-electron chi connectivity index (χ1n) is 6.83. The minimum atomic E-state index is 0.476. The fourth-order valence-corrected chi connectivity index (χ4v) is 2.89. The van der Waals surface area contributed by atoms with Crippen molar-refractivity contribution in [2.45, 2.75) is 20.3 Å². The third-order valence-electron chi connectivity index (χ3n) is 3.41. The second kappa shape index (κ2) is 5.61. The van der Waals surface area contributed by atoms with Crippen LogP contribution in [0.5, 0.6) is 0 Å². The molecule has 0 saturated heterocycles. The van der Waals surface area contributed by atoms with Gasteiger partial charge in [0.25, 0.3) is 0 Å². The van der Waals surface area contributed by atoms with Crippen molar-refractivity contribution in [2.75, 3.05) is 5.73 Å².